The van der Waals surface area contributed by atoms with E-state index in [1.807, 2.05) is 0 Å². The molecule has 0 fully saturated rings. The van der Waals surface area contributed by atoms with Crippen molar-refractivity contribution in [2.45, 2.75) is 6.42 Å². The van der Waals surface area contributed by atoms with Crippen LogP contribution in [0, 0.1) is 5.82 Å². The number of aromatic carboxylic acids is 1. The van der Waals surface area contributed by atoms with Gasteiger partial charge in [-0.1, -0.05) is 12.1 Å². The van der Waals surface area contributed by atoms with Gasteiger partial charge in [0.1, 0.15) is 11.4 Å². The van der Waals surface area contributed by atoms with Gasteiger partial charge in [-0.3, -0.25) is 9.78 Å². The molecule has 0 aliphatic carbocycles. The summed E-state index contributed by atoms with van der Waals surface area (Å²) in [7, 11) is 0. The third-order valence-corrected chi connectivity index (χ3v) is 2.57. The van der Waals surface area contributed by atoms with Gasteiger partial charge < -0.3 is 10.4 Å². The van der Waals surface area contributed by atoms with E-state index in [4.69, 9.17) is 5.11 Å². The van der Waals surface area contributed by atoms with Crippen molar-refractivity contribution in [2.75, 3.05) is 5.32 Å². The Bertz CT molecular complexity index is 644. The quantitative estimate of drug-likeness (QED) is 0.894. The molecule has 0 radical (unpaired) electrons. The van der Waals surface area contributed by atoms with Crippen LogP contribution in [0.2, 0.25) is 0 Å². The van der Waals surface area contributed by atoms with Gasteiger partial charge in [-0.15, -0.1) is 0 Å². The van der Waals surface area contributed by atoms with Crippen molar-refractivity contribution < 1.29 is 19.1 Å². The number of anilines is 1. The van der Waals surface area contributed by atoms with Crippen LogP contribution >= 0.6 is 0 Å². The molecule has 5 nitrogen and oxygen atoms in total. The minimum absolute atomic E-state index is 0.0174. The predicted molar refractivity (Wildman–Crippen MR) is 69.9 cm³/mol. The Balaban J connectivity index is 2.16. The average molecular weight is 274 g/mol. The van der Waals surface area contributed by atoms with E-state index in [2.05, 4.69) is 10.3 Å². The van der Waals surface area contributed by atoms with Crippen LogP contribution in [-0.2, 0) is 11.2 Å². The third-order valence-electron chi connectivity index (χ3n) is 2.57. The lowest BCUT2D eigenvalue weighted by Gasteiger charge is -2.08. The fourth-order valence-electron chi connectivity index (χ4n) is 1.71. The van der Waals surface area contributed by atoms with Crippen molar-refractivity contribution in [3.8, 4) is 0 Å². The van der Waals surface area contributed by atoms with Crippen molar-refractivity contribution in [1.29, 1.82) is 0 Å². The van der Waals surface area contributed by atoms with Crippen LogP contribution in [0.3, 0.4) is 0 Å². The molecule has 6 heteroatoms. The summed E-state index contributed by atoms with van der Waals surface area (Å²) in [4.78, 5) is 26.8. The van der Waals surface area contributed by atoms with Gasteiger partial charge in [0.25, 0.3) is 0 Å². The molecular weight excluding hydrogens is 263 g/mol. The summed E-state index contributed by atoms with van der Waals surface area (Å²) in [6.45, 7) is 0. The zero-order chi connectivity index (χ0) is 14.5. The SMILES string of the molecule is O=C(Cc1ccccn1)Nc1cccc(F)c1C(=O)O. The van der Waals surface area contributed by atoms with E-state index in [9.17, 15) is 14.0 Å². The summed E-state index contributed by atoms with van der Waals surface area (Å²) < 4.78 is 13.4. The highest BCUT2D eigenvalue weighted by atomic mass is 19.1. The van der Waals surface area contributed by atoms with Crippen LogP contribution < -0.4 is 5.32 Å². The molecule has 1 aromatic carbocycles. The molecule has 0 atom stereocenters. The molecule has 1 amide bonds. The maximum absolute atomic E-state index is 13.4. The Morgan fingerprint density at radius 1 is 1.20 bits per heavy atom. The summed E-state index contributed by atoms with van der Waals surface area (Å²) >= 11 is 0. The highest BCUT2D eigenvalue weighted by molar-refractivity contribution is 6.01. The second kappa shape index (κ2) is 5.92. The predicted octanol–water partition coefficient (Wildman–Crippen LogP) is 2.10. The van der Waals surface area contributed by atoms with E-state index in [-0.39, 0.29) is 12.1 Å². The number of nitrogens with one attached hydrogen (secondary N) is 1. The van der Waals surface area contributed by atoms with Crippen molar-refractivity contribution in [2.24, 2.45) is 0 Å². The second-order valence-electron chi connectivity index (χ2n) is 4.01. The number of pyridine rings is 1. The summed E-state index contributed by atoms with van der Waals surface area (Å²) in [5, 5.41) is 11.3. The molecule has 0 aliphatic rings. The van der Waals surface area contributed by atoms with E-state index in [0.717, 1.165) is 6.07 Å². The Morgan fingerprint density at radius 2 is 2.00 bits per heavy atom. The van der Waals surface area contributed by atoms with Crippen molar-refractivity contribution in [3.63, 3.8) is 0 Å². The smallest absolute Gasteiger partial charge is 0.340 e. The van der Waals surface area contributed by atoms with Crippen molar-refractivity contribution >= 4 is 17.6 Å². The van der Waals surface area contributed by atoms with Crippen molar-refractivity contribution in [1.82, 2.24) is 4.98 Å². The normalized spacial score (nSPS) is 10.1. The highest BCUT2D eigenvalue weighted by Gasteiger charge is 2.17. The first-order chi connectivity index (χ1) is 9.58. The molecule has 0 spiro atoms. The molecule has 20 heavy (non-hydrogen) atoms. The number of carboxylic acids is 1. The number of aromatic nitrogens is 1. The van der Waals surface area contributed by atoms with E-state index in [1.54, 1.807) is 24.4 Å². The number of carbonyl (C=O) groups excluding carboxylic acids is 1. The number of benzene rings is 1. The Morgan fingerprint density at radius 3 is 2.65 bits per heavy atom. The monoisotopic (exact) mass is 274 g/mol. The van der Waals surface area contributed by atoms with Gasteiger partial charge in [0, 0.05) is 11.9 Å². The number of amides is 1. The lowest BCUT2D eigenvalue weighted by Crippen LogP contribution is -2.18. The lowest BCUT2D eigenvalue weighted by atomic mass is 10.1. The number of carboxylic acid groups (broad SMARTS) is 1. The first-order valence-electron chi connectivity index (χ1n) is 5.79. The van der Waals surface area contributed by atoms with E-state index in [0.29, 0.717) is 5.69 Å². The van der Waals surface area contributed by atoms with Gasteiger partial charge >= 0.3 is 5.97 Å². The topological polar surface area (TPSA) is 79.3 Å². The minimum atomic E-state index is -1.43. The van der Waals surface area contributed by atoms with Gasteiger partial charge in [-0.25, -0.2) is 9.18 Å². The molecule has 0 saturated heterocycles. The average Bonchev–Trinajstić information content (AvgIpc) is 2.39. The van der Waals surface area contributed by atoms with Gasteiger partial charge in [-0.2, -0.15) is 0 Å². The molecule has 102 valence electrons. The van der Waals surface area contributed by atoms with Crippen LogP contribution in [0.1, 0.15) is 16.1 Å². The minimum Gasteiger partial charge on any atom is -0.478 e. The first-order valence-corrected chi connectivity index (χ1v) is 5.79. The zero-order valence-electron chi connectivity index (χ0n) is 10.3. The number of carbonyl (C=O) groups is 2. The molecule has 1 aromatic heterocycles. The molecule has 2 rings (SSSR count). The maximum atomic E-state index is 13.4. The fraction of sp³-hybridized carbons (Fsp3) is 0.0714. The molecule has 2 N–H and O–H groups in total. The summed E-state index contributed by atoms with van der Waals surface area (Å²) in [6.07, 6.45) is 1.53. The number of hydrogen-bond acceptors (Lipinski definition) is 3. The third kappa shape index (κ3) is 3.17. The summed E-state index contributed by atoms with van der Waals surface area (Å²) in [5.41, 5.74) is -0.0846. The second-order valence-corrected chi connectivity index (χ2v) is 4.01. The van der Waals surface area contributed by atoms with Gasteiger partial charge in [0.2, 0.25) is 5.91 Å². The Hall–Kier alpha value is -2.76. The van der Waals surface area contributed by atoms with Crippen LogP contribution in [0.4, 0.5) is 10.1 Å². The van der Waals surface area contributed by atoms with E-state index in [1.165, 1.54) is 12.1 Å². The Labute approximate surface area is 114 Å². The van der Waals surface area contributed by atoms with Crippen molar-refractivity contribution in [3.05, 3.63) is 59.7 Å². The number of nitrogens with zero attached hydrogens (tertiary/aromatic N) is 1. The first kappa shape index (κ1) is 13.7. The molecule has 0 aliphatic heterocycles. The van der Waals surface area contributed by atoms with Crippen LogP contribution in [0.5, 0.6) is 0 Å². The molecule has 2 aromatic rings. The van der Waals surface area contributed by atoms with Crippen LogP contribution in [0.15, 0.2) is 42.6 Å². The molecule has 1 heterocycles. The summed E-state index contributed by atoms with van der Waals surface area (Å²) in [6, 6.07) is 8.82. The lowest BCUT2D eigenvalue weighted by molar-refractivity contribution is -0.115. The highest BCUT2D eigenvalue weighted by Crippen LogP contribution is 2.19. The standard InChI is InChI=1S/C14H11FN2O3/c15-10-5-3-6-11(13(10)14(19)20)17-12(18)8-9-4-1-2-7-16-9/h1-7H,8H2,(H,17,18)(H,19,20). The van der Waals surface area contributed by atoms with E-state index >= 15 is 0 Å². The summed E-state index contributed by atoms with van der Waals surface area (Å²) in [5.74, 6) is -2.79. The number of hydrogen-bond donors (Lipinski definition) is 2. The van der Waals surface area contributed by atoms with Gasteiger partial charge in [-0.05, 0) is 24.3 Å². The van der Waals surface area contributed by atoms with Crippen LogP contribution in [0.25, 0.3) is 0 Å². The van der Waals surface area contributed by atoms with Gasteiger partial charge in [0.15, 0.2) is 0 Å². The molecule has 0 saturated carbocycles. The maximum Gasteiger partial charge on any atom is 0.340 e. The molecule has 0 unspecified atom stereocenters. The molecular formula is C14H11FN2O3. The van der Waals surface area contributed by atoms with Gasteiger partial charge in [0.05, 0.1) is 12.1 Å². The zero-order valence-corrected chi connectivity index (χ0v) is 10.3. The fourth-order valence-corrected chi connectivity index (χ4v) is 1.71. The number of halogens is 1. The van der Waals surface area contributed by atoms with Crippen LogP contribution in [-0.4, -0.2) is 22.0 Å². The number of rotatable bonds is 4. The largest absolute Gasteiger partial charge is 0.478 e. The molecule has 0 bridgehead atoms. The van der Waals surface area contributed by atoms with E-state index < -0.39 is 23.3 Å². The Kier molecular flexibility index (Phi) is 4.05.